The summed E-state index contributed by atoms with van der Waals surface area (Å²) in [6.45, 7) is 0.599. The lowest BCUT2D eigenvalue weighted by atomic mass is 9.99. The Labute approximate surface area is 125 Å². The van der Waals surface area contributed by atoms with Gasteiger partial charge < -0.3 is 5.32 Å². The number of thioether (sulfide) groups is 1. The molecule has 0 aliphatic carbocycles. The molecular formula is C15H21NO2S2. The van der Waals surface area contributed by atoms with E-state index in [1.165, 1.54) is 11.1 Å². The van der Waals surface area contributed by atoms with Crippen LogP contribution in [0.5, 0.6) is 0 Å². The van der Waals surface area contributed by atoms with Crippen molar-refractivity contribution in [1.29, 1.82) is 0 Å². The third-order valence-corrected chi connectivity index (χ3v) is 7.62. The van der Waals surface area contributed by atoms with Gasteiger partial charge in [0.05, 0.1) is 11.0 Å². The quantitative estimate of drug-likeness (QED) is 0.929. The first kappa shape index (κ1) is 14.4. The van der Waals surface area contributed by atoms with Gasteiger partial charge in [0, 0.05) is 18.3 Å². The molecule has 2 unspecified atom stereocenters. The minimum atomic E-state index is -2.84. The predicted octanol–water partition coefficient (Wildman–Crippen LogP) is 2.18. The summed E-state index contributed by atoms with van der Waals surface area (Å²) < 4.78 is 23.8. The second-order valence-electron chi connectivity index (χ2n) is 5.62. The Hall–Kier alpha value is -0.520. The SMILES string of the molecule is O=S1(=O)CCCC1CNC1CSCCc2ccccc21. The molecule has 2 aliphatic heterocycles. The Morgan fingerprint density at radius 2 is 2.15 bits per heavy atom. The maximum atomic E-state index is 11.9. The number of sulfone groups is 1. The standard InChI is InChI=1S/C15H21NO2S2/c17-20(18)9-3-5-13(20)10-16-15-11-19-8-7-12-4-1-2-6-14(12)15/h1-2,4,6,13,15-16H,3,5,7-11H2. The minimum Gasteiger partial charge on any atom is -0.308 e. The predicted molar refractivity (Wildman–Crippen MR) is 85.0 cm³/mol. The summed E-state index contributed by atoms with van der Waals surface area (Å²) >= 11 is 1.95. The van der Waals surface area contributed by atoms with E-state index in [0.29, 0.717) is 12.3 Å². The third kappa shape index (κ3) is 3.05. The molecule has 2 atom stereocenters. The highest BCUT2D eigenvalue weighted by molar-refractivity contribution is 7.99. The third-order valence-electron chi connectivity index (χ3n) is 4.29. The lowest BCUT2D eigenvalue weighted by molar-refractivity contribution is 0.541. The molecule has 0 radical (unpaired) electrons. The first-order valence-corrected chi connectivity index (χ1v) is 10.1. The Bertz CT molecular complexity index is 571. The highest BCUT2D eigenvalue weighted by Gasteiger charge is 2.31. The second-order valence-corrected chi connectivity index (χ2v) is 9.17. The molecule has 0 aromatic heterocycles. The molecule has 0 amide bonds. The lowest BCUT2D eigenvalue weighted by Gasteiger charge is -2.21. The summed E-state index contributed by atoms with van der Waals surface area (Å²) in [4.78, 5) is 0. The van der Waals surface area contributed by atoms with Gasteiger partial charge in [-0.3, -0.25) is 0 Å². The Morgan fingerprint density at radius 1 is 1.30 bits per heavy atom. The van der Waals surface area contributed by atoms with E-state index in [2.05, 4.69) is 29.6 Å². The number of nitrogens with one attached hydrogen (secondary N) is 1. The Morgan fingerprint density at radius 3 is 2.95 bits per heavy atom. The van der Waals surface area contributed by atoms with Crippen molar-refractivity contribution in [2.24, 2.45) is 0 Å². The number of benzene rings is 1. The maximum absolute atomic E-state index is 11.9. The summed E-state index contributed by atoms with van der Waals surface area (Å²) in [5.41, 5.74) is 2.76. The van der Waals surface area contributed by atoms with Gasteiger partial charge in [0.1, 0.15) is 0 Å². The summed E-state index contributed by atoms with van der Waals surface area (Å²) in [6, 6.07) is 8.84. The minimum absolute atomic E-state index is 0.178. The Kier molecular flexibility index (Phi) is 4.38. The smallest absolute Gasteiger partial charge is 0.154 e. The van der Waals surface area contributed by atoms with Gasteiger partial charge in [-0.05, 0) is 36.1 Å². The van der Waals surface area contributed by atoms with Crippen LogP contribution in [0.3, 0.4) is 0 Å². The topological polar surface area (TPSA) is 46.2 Å². The summed E-state index contributed by atoms with van der Waals surface area (Å²) in [5, 5.41) is 3.34. The zero-order valence-corrected chi connectivity index (χ0v) is 13.2. The fourth-order valence-corrected chi connectivity index (χ4v) is 5.95. The fraction of sp³-hybridized carbons (Fsp3) is 0.600. The molecule has 2 aliphatic rings. The van der Waals surface area contributed by atoms with Crippen molar-refractivity contribution in [3.63, 3.8) is 0 Å². The number of hydrogen-bond acceptors (Lipinski definition) is 4. The number of aryl methyl sites for hydroxylation is 1. The number of fused-ring (bicyclic) bond motifs is 1. The van der Waals surface area contributed by atoms with Crippen molar-refractivity contribution in [3.8, 4) is 0 Å². The van der Waals surface area contributed by atoms with Crippen LogP contribution in [0.25, 0.3) is 0 Å². The number of rotatable bonds is 3. The molecule has 3 rings (SSSR count). The molecular weight excluding hydrogens is 290 g/mol. The van der Waals surface area contributed by atoms with Gasteiger partial charge in [-0.25, -0.2) is 8.42 Å². The zero-order chi connectivity index (χ0) is 14.0. The molecule has 3 nitrogen and oxygen atoms in total. The normalized spacial score (nSPS) is 28.8. The van der Waals surface area contributed by atoms with Gasteiger partial charge in [0.2, 0.25) is 0 Å². The van der Waals surface area contributed by atoms with Gasteiger partial charge >= 0.3 is 0 Å². The molecule has 5 heteroatoms. The van der Waals surface area contributed by atoms with Crippen molar-refractivity contribution < 1.29 is 8.42 Å². The molecule has 20 heavy (non-hydrogen) atoms. The van der Waals surface area contributed by atoms with E-state index in [1.54, 1.807) is 0 Å². The van der Waals surface area contributed by atoms with Crippen molar-refractivity contribution in [3.05, 3.63) is 35.4 Å². The summed E-state index contributed by atoms with van der Waals surface area (Å²) in [7, 11) is -2.84. The van der Waals surface area contributed by atoms with E-state index in [1.807, 2.05) is 11.8 Å². The van der Waals surface area contributed by atoms with Crippen LogP contribution < -0.4 is 5.32 Å². The molecule has 1 aromatic rings. The van der Waals surface area contributed by atoms with Crippen molar-refractivity contribution in [1.82, 2.24) is 5.32 Å². The van der Waals surface area contributed by atoms with Crippen LogP contribution >= 0.6 is 11.8 Å². The molecule has 110 valence electrons. The van der Waals surface area contributed by atoms with E-state index >= 15 is 0 Å². The summed E-state index contributed by atoms with van der Waals surface area (Å²) in [6.07, 6.45) is 2.75. The van der Waals surface area contributed by atoms with Crippen LogP contribution in [0.1, 0.15) is 30.0 Å². The average Bonchev–Trinajstić information content (AvgIpc) is 2.66. The highest BCUT2D eigenvalue weighted by Crippen LogP contribution is 2.28. The fourth-order valence-electron chi connectivity index (χ4n) is 3.10. The molecule has 1 fully saturated rings. The zero-order valence-electron chi connectivity index (χ0n) is 11.5. The van der Waals surface area contributed by atoms with Crippen LogP contribution in [0.15, 0.2) is 24.3 Å². The van der Waals surface area contributed by atoms with E-state index in [0.717, 1.165) is 30.8 Å². The van der Waals surface area contributed by atoms with E-state index < -0.39 is 9.84 Å². The van der Waals surface area contributed by atoms with Gasteiger partial charge in [0.25, 0.3) is 0 Å². The molecule has 1 saturated heterocycles. The van der Waals surface area contributed by atoms with E-state index in [-0.39, 0.29) is 11.3 Å². The van der Waals surface area contributed by atoms with E-state index in [9.17, 15) is 8.42 Å². The van der Waals surface area contributed by atoms with Gasteiger partial charge in [-0.2, -0.15) is 11.8 Å². The highest BCUT2D eigenvalue weighted by atomic mass is 32.2. The Balaban J connectivity index is 1.71. The van der Waals surface area contributed by atoms with Crippen LogP contribution in [-0.4, -0.2) is 37.5 Å². The number of hydrogen-bond donors (Lipinski definition) is 1. The van der Waals surface area contributed by atoms with Crippen molar-refractivity contribution in [2.75, 3.05) is 23.8 Å². The first-order chi connectivity index (χ1) is 9.67. The van der Waals surface area contributed by atoms with Gasteiger partial charge in [-0.15, -0.1) is 0 Å². The monoisotopic (exact) mass is 311 g/mol. The van der Waals surface area contributed by atoms with Gasteiger partial charge in [-0.1, -0.05) is 24.3 Å². The van der Waals surface area contributed by atoms with Crippen LogP contribution in [0, 0.1) is 0 Å². The van der Waals surface area contributed by atoms with Crippen LogP contribution in [0.2, 0.25) is 0 Å². The summed E-state index contributed by atoms with van der Waals surface area (Å²) in [5.74, 6) is 2.55. The largest absolute Gasteiger partial charge is 0.308 e. The first-order valence-electron chi connectivity index (χ1n) is 7.27. The van der Waals surface area contributed by atoms with Gasteiger partial charge in [0.15, 0.2) is 9.84 Å². The van der Waals surface area contributed by atoms with Crippen molar-refractivity contribution >= 4 is 21.6 Å². The van der Waals surface area contributed by atoms with E-state index in [4.69, 9.17) is 0 Å². The lowest BCUT2D eigenvalue weighted by Crippen LogP contribution is -2.34. The average molecular weight is 311 g/mol. The molecule has 0 spiro atoms. The molecule has 0 saturated carbocycles. The molecule has 1 aromatic carbocycles. The molecule has 0 bridgehead atoms. The second kappa shape index (κ2) is 6.08. The van der Waals surface area contributed by atoms with Crippen molar-refractivity contribution in [2.45, 2.75) is 30.6 Å². The maximum Gasteiger partial charge on any atom is 0.154 e. The van der Waals surface area contributed by atoms with Crippen LogP contribution in [0.4, 0.5) is 0 Å². The molecule has 2 heterocycles. The van der Waals surface area contributed by atoms with Crippen LogP contribution in [-0.2, 0) is 16.3 Å². The molecule has 1 N–H and O–H groups in total.